The molecule has 0 unspecified atom stereocenters. The first-order valence-corrected chi connectivity index (χ1v) is 8.46. The summed E-state index contributed by atoms with van der Waals surface area (Å²) in [6.45, 7) is 3.75. The fourth-order valence-electron chi connectivity index (χ4n) is 2.31. The molecule has 0 aliphatic rings. The SMILES string of the molecule is COCc1c(C)nn(C)c1Oc1cc(O[C@@H](C)C(=O)OC)c(Cl)cc1Cl. The van der Waals surface area contributed by atoms with E-state index in [1.54, 1.807) is 25.8 Å². The lowest BCUT2D eigenvalue weighted by Crippen LogP contribution is -2.25. The van der Waals surface area contributed by atoms with Crippen LogP contribution in [0.4, 0.5) is 0 Å². The predicted molar refractivity (Wildman–Crippen MR) is 97.3 cm³/mol. The number of nitrogens with zero attached hydrogens (tertiary/aromatic N) is 2. The van der Waals surface area contributed by atoms with Gasteiger partial charge in [-0.3, -0.25) is 0 Å². The topological polar surface area (TPSA) is 71.8 Å². The Morgan fingerprint density at radius 2 is 1.88 bits per heavy atom. The lowest BCUT2D eigenvalue weighted by Gasteiger charge is -2.16. The highest BCUT2D eigenvalue weighted by molar-refractivity contribution is 6.36. The van der Waals surface area contributed by atoms with Crippen LogP contribution >= 0.6 is 23.2 Å². The van der Waals surface area contributed by atoms with Crippen molar-refractivity contribution in [3.05, 3.63) is 33.4 Å². The average molecular weight is 403 g/mol. The first kappa shape index (κ1) is 20.4. The van der Waals surface area contributed by atoms with Crippen LogP contribution in [0.25, 0.3) is 0 Å². The molecule has 2 aromatic rings. The molecule has 0 bridgehead atoms. The Kier molecular flexibility index (Phi) is 6.75. The van der Waals surface area contributed by atoms with E-state index in [-0.39, 0.29) is 15.8 Å². The Morgan fingerprint density at radius 1 is 1.23 bits per heavy atom. The van der Waals surface area contributed by atoms with Gasteiger partial charge in [0.25, 0.3) is 0 Å². The molecule has 0 aliphatic heterocycles. The summed E-state index contributed by atoms with van der Waals surface area (Å²) in [6.07, 6.45) is -0.838. The highest BCUT2D eigenvalue weighted by Gasteiger charge is 2.21. The molecule has 142 valence electrons. The van der Waals surface area contributed by atoms with Gasteiger partial charge >= 0.3 is 5.97 Å². The first-order chi connectivity index (χ1) is 12.3. The molecule has 1 aromatic carbocycles. The number of carbonyl (C=O) groups excluding carboxylic acids is 1. The monoisotopic (exact) mass is 402 g/mol. The van der Waals surface area contributed by atoms with Gasteiger partial charge in [0.05, 0.1) is 35.0 Å². The molecule has 0 N–H and O–H groups in total. The number of carbonyl (C=O) groups is 1. The number of rotatable bonds is 7. The molecular formula is C17H20Cl2N2O5. The first-order valence-electron chi connectivity index (χ1n) is 7.71. The number of halogens is 2. The average Bonchev–Trinajstić information content (AvgIpc) is 2.85. The molecule has 0 spiro atoms. The van der Waals surface area contributed by atoms with Crippen molar-refractivity contribution in [3.63, 3.8) is 0 Å². The van der Waals surface area contributed by atoms with Gasteiger partial charge in [-0.2, -0.15) is 5.10 Å². The second-order valence-corrected chi connectivity index (χ2v) is 6.34. The quantitative estimate of drug-likeness (QED) is 0.653. The van der Waals surface area contributed by atoms with E-state index in [2.05, 4.69) is 9.84 Å². The lowest BCUT2D eigenvalue weighted by molar-refractivity contribution is -0.147. The molecular weight excluding hydrogens is 383 g/mol. The van der Waals surface area contributed by atoms with Crippen molar-refractivity contribution >= 4 is 29.2 Å². The van der Waals surface area contributed by atoms with E-state index in [0.29, 0.717) is 18.2 Å². The van der Waals surface area contributed by atoms with Crippen LogP contribution < -0.4 is 9.47 Å². The molecule has 9 heteroatoms. The molecule has 0 radical (unpaired) electrons. The van der Waals surface area contributed by atoms with Gasteiger partial charge in [0.2, 0.25) is 5.88 Å². The summed E-state index contributed by atoms with van der Waals surface area (Å²) in [6, 6.07) is 3.00. The number of methoxy groups -OCH3 is 2. The molecule has 0 amide bonds. The molecule has 1 heterocycles. The Bertz CT molecular complexity index is 807. The Hall–Kier alpha value is -1.96. The van der Waals surface area contributed by atoms with E-state index in [4.69, 9.17) is 37.4 Å². The maximum atomic E-state index is 11.6. The molecule has 0 fully saturated rings. The van der Waals surface area contributed by atoms with E-state index in [1.165, 1.54) is 19.2 Å². The zero-order valence-electron chi connectivity index (χ0n) is 15.1. The molecule has 2 rings (SSSR count). The lowest BCUT2D eigenvalue weighted by atomic mass is 10.2. The molecule has 0 aliphatic carbocycles. The van der Waals surface area contributed by atoms with Crippen LogP contribution in [0.1, 0.15) is 18.2 Å². The minimum absolute atomic E-state index is 0.246. The number of aromatic nitrogens is 2. The Labute approximate surface area is 161 Å². The van der Waals surface area contributed by atoms with Gasteiger partial charge in [-0.1, -0.05) is 23.2 Å². The zero-order valence-corrected chi connectivity index (χ0v) is 16.6. The van der Waals surface area contributed by atoms with E-state index >= 15 is 0 Å². The second kappa shape index (κ2) is 8.62. The molecule has 0 saturated carbocycles. The summed E-state index contributed by atoms with van der Waals surface area (Å²) in [4.78, 5) is 11.6. The van der Waals surface area contributed by atoms with Crippen molar-refractivity contribution in [2.24, 2.45) is 7.05 Å². The summed E-state index contributed by atoms with van der Waals surface area (Å²) in [5.74, 6) is 0.517. The minimum Gasteiger partial charge on any atom is -0.477 e. The minimum atomic E-state index is -0.838. The number of hydrogen-bond acceptors (Lipinski definition) is 6. The summed E-state index contributed by atoms with van der Waals surface area (Å²) in [5.41, 5.74) is 1.58. The van der Waals surface area contributed by atoms with Gasteiger partial charge in [-0.15, -0.1) is 0 Å². The van der Waals surface area contributed by atoms with Crippen LogP contribution in [0.2, 0.25) is 10.0 Å². The summed E-state index contributed by atoms with van der Waals surface area (Å²) in [7, 11) is 4.62. The molecule has 1 aromatic heterocycles. The van der Waals surface area contributed by atoms with E-state index in [1.807, 2.05) is 6.92 Å². The van der Waals surface area contributed by atoms with Crippen molar-refractivity contribution in [1.82, 2.24) is 9.78 Å². The van der Waals surface area contributed by atoms with Crippen molar-refractivity contribution in [2.75, 3.05) is 14.2 Å². The summed E-state index contributed by atoms with van der Waals surface area (Å²) in [5, 5.41) is 4.86. The predicted octanol–water partition coefficient (Wildman–Crippen LogP) is 3.91. The highest BCUT2D eigenvalue weighted by atomic mass is 35.5. The van der Waals surface area contributed by atoms with Crippen LogP contribution in [0.5, 0.6) is 17.4 Å². The van der Waals surface area contributed by atoms with E-state index < -0.39 is 12.1 Å². The van der Waals surface area contributed by atoms with Gasteiger partial charge < -0.3 is 18.9 Å². The van der Waals surface area contributed by atoms with Gasteiger partial charge in [0, 0.05) is 20.2 Å². The van der Waals surface area contributed by atoms with Crippen LogP contribution in [0.3, 0.4) is 0 Å². The largest absolute Gasteiger partial charge is 0.477 e. The number of ether oxygens (including phenoxy) is 4. The van der Waals surface area contributed by atoms with Crippen molar-refractivity contribution in [1.29, 1.82) is 0 Å². The van der Waals surface area contributed by atoms with E-state index in [0.717, 1.165) is 11.3 Å². The Balaban J connectivity index is 2.36. The zero-order chi connectivity index (χ0) is 19.4. The summed E-state index contributed by atoms with van der Waals surface area (Å²) < 4.78 is 22.9. The third kappa shape index (κ3) is 4.41. The molecule has 7 nitrogen and oxygen atoms in total. The third-order valence-corrected chi connectivity index (χ3v) is 4.20. The van der Waals surface area contributed by atoms with Gasteiger partial charge in [-0.05, 0) is 19.9 Å². The molecule has 0 saturated heterocycles. The third-order valence-electron chi connectivity index (χ3n) is 3.61. The number of aryl methyl sites for hydroxylation is 2. The maximum Gasteiger partial charge on any atom is 0.346 e. The van der Waals surface area contributed by atoms with Gasteiger partial charge in [-0.25, -0.2) is 9.48 Å². The second-order valence-electron chi connectivity index (χ2n) is 5.52. The fraction of sp³-hybridized carbons (Fsp3) is 0.412. The van der Waals surface area contributed by atoms with Crippen molar-refractivity contribution < 1.29 is 23.7 Å². The smallest absolute Gasteiger partial charge is 0.346 e. The van der Waals surface area contributed by atoms with Crippen molar-refractivity contribution in [3.8, 4) is 17.4 Å². The van der Waals surface area contributed by atoms with Crippen LogP contribution in [-0.4, -0.2) is 36.1 Å². The standard InChI is InChI=1S/C17H20Cl2N2O5/c1-9-11(8-23-4)16(21(3)20-9)26-15-7-14(12(18)6-13(15)19)25-10(2)17(22)24-5/h6-7,10H,8H2,1-5H3/t10-/m0/s1. The van der Waals surface area contributed by atoms with Crippen LogP contribution in [0, 0.1) is 6.92 Å². The number of esters is 1. The summed E-state index contributed by atoms with van der Waals surface area (Å²) >= 11 is 12.4. The molecule has 1 atom stereocenters. The normalized spacial score (nSPS) is 12.0. The van der Waals surface area contributed by atoms with Crippen LogP contribution in [-0.2, 0) is 27.9 Å². The maximum absolute atomic E-state index is 11.6. The Morgan fingerprint density at radius 3 is 2.50 bits per heavy atom. The van der Waals surface area contributed by atoms with Gasteiger partial charge in [0.1, 0.15) is 5.75 Å². The fourth-order valence-corrected chi connectivity index (χ4v) is 2.77. The number of hydrogen-bond donors (Lipinski definition) is 0. The highest BCUT2D eigenvalue weighted by Crippen LogP contribution is 2.39. The number of benzene rings is 1. The van der Waals surface area contributed by atoms with Crippen molar-refractivity contribution in [2.45, 2.75) is 26.6 Å². The van der Waals surface area contributed by atoms with E-state index in [9.17, 15) is 4.79 Å². The molecule has 26 heavy (non-hydrogen) atoms. The van der Waals surface area contributed by atoms with Gasteiger partial charge in [0.15, 0.2) is 11.9 Å². The van der Waals surface area contributed by atoms with Crippen LogP contribution in [0.15, 0.2) is 12.1 Å².